The summed E-state index contributed by atoms with van der Waals surface area (Å²) in [6.07, 6.45) is 0.488. The summed E-state index contributed by atoms with van der Waals surface area (Å²) >= 11 is 0. The van der Waals surface area contributed by atoms with Gasteiger partial charge in [-0.1, -0.05) is 31.2 Å². The highest BCUT2D eigenvalue weighted by Crippen LogP contribution is 2.30. The molecule has 1 N–H and O–H groups in total. The van der Waals surface area contributed by atoms with Gasteiger partial charge in [0.2, 0.25) is 0 Å². The molecule has 80 valence electrons. The summed E-state index contributed by atoms with van der Waals surface area (Å²) in [5, 5.41) is 2.91. The molecule has 1 fully saturated rings. The van der Waals surface area contributed by atoms with Gasteiger partial charge in [0.15, 0.2) is 11.5 Å². The van der Waals surface area contributed by atoms with Gasteiger partial charge in [-0.05, 0) is 5.56 Å². The average Bonchev–Trinajstić information content (AvgIpc) is 2.25. The molecule has 0 radical (unpaired) electrons. The fourth-order valence-electron chi connectivity index (χ4n) is 1.71. The molecule has 1 aromatic carbocycles. The van der Waals surface area contributed by atoms with Gasteiger partial charge >= 0.3 is 0 Å². The molecule has 1 aliphatic rings. The van der Waals surface area contributed by atoms with Crippen LogP contribution < -0.4 is 5.32 Å². The minimum absolute atomic E-state index is 0.0983. The summed E-state index contributed by atoms with van der Waals surface area (Å²) in [7, 11) is 0. The van der Waals surface area contributed by atoms with E-state index in [1.807, 2.05) is 6.92 Å². The number of Topliss-reactive ketones (excluding diaryl/α,β-unsaturated/α-hetero) is 1. The number of ketones is 1. The highest BCUT2D eigenvalue weighted by atomic mass is 19.1. The number of benzene rings is 1. The summed E-state index contributed by atoms with van der Waals surface area (Å²) in [5.74, 6) is 0.0983. The highest BCUT2D eigenvalue weighted by molar-refractivity contribution is 5.95. The van der Waals surface area contributed by atoms with Crippen LogP contribution in [-0.4, -0.2) is 18.9 Å². The molecule has 15 heavy (non-hydrogen) atoms. The first-order chi connectivity index (χ1) is 7.15. The second-order valence-corrected chi connectivity index (χ2v) is 3.92. The molecule has 1 saturated heterocycles. The molecule has 0 amide bonds. The third-order valence-electron chi connectivity index (χ3n) is 2.86. The van der Waals surface area contributed by atoms with E-state index in [2.05, 4.69) is 5.32 Å². The second kappa shape index (κ2) is 3.74. The number of hydrogen-bond acceptors (Lipinski definition) is 2. The third-order valence-corrected chi connectivity index (χ3v) is 2.86. The number of halogens is 1. The van der Waals surface area contributed by atoms with Gasteiger partial charge in [-0.15, -0.1) is 0 Å². The van der Waals surface area contributed by atoms with Crippen molar-refractivity contribution in [1.82, 2.24) is 5.32 Å². The van der Waals surface area contributed by atoms with Crippen LogP contribution >= 0.6 is 0 Å². The first-order valence-electron chi connectivity index (χ1n) is 5.19. The molecule has 1 aromatic rings. The van der Waals surface area contributed by atoms with E-state index in [0.717, 1.165) is 0 Å². The van der Waals surface area contributed by atoms with Crippen molar-refractivity contribution in [3.05, 3.63) is 35.4 Å². The molecule has 2 rings (SSSR count). The van der Waals surface area contributed by atoms with E-state index >= 15 is 0 Å². The molecule has 0 saturated carbocycles. The molecule has 0 atom stereocenters. The Balaban J connectivity index is 2.20. The van der Waals surface area contributed by atoms with E-state index in [0.29, 0.717) is 30.6 Å². The van der Waals surface area contributed by atoms with Gasteiger partial charge in [0.25, 0.3) is 0 Å². The predicted octanol–water partition coefficient (Wildman–Crippen LogP) is 2.05. The van der Waals surface area contributed by atoms with Crippen molar-refractivity contribution in [3.8, 4) is 0 Å². The molecule has 1 heterocycles. The van der Waals surface area contributed by atoms with Crippen molar-refractivity contribution in [3.63, 3.8) is 0 Å². The van der Waals surface area contributed by atoms with Crippen LogP contribution in [0.3, 0.4) is 0 Å². The topological polar surface area (TPSA) is 29.1 Å². The lowest BCUT2D eigenvalue weighted by Crippen LogP contribution is -2.53. The smallest absolute Gasteiger partial charge is 0.162 e. The number of nitrogens with one attached hydrogen (secondary N) is 1. The van der Waals surface area contributed by atoms with E-state index < -0.39 is 5.67 Å². The Morgan fingerprint density at radius 1 is 1.40 bits per heavy atom. The number of alkyl halides is 1. The zero-order chi connectivity index (χ0) is 10.9. The van der Waals surface area contributed by atoms with Crippen LogP contribution in [0, 0.1) is 0 Å². The summed E-state index contributed by atoms with van der Waals surface area (Å²) in [6, 6.07) is 6.84. The van der Waals surface area contributed by atoms with Crippen molar-refractivity contribution >= 4 is 5.78 Å². The van der Waals surface area contributed by atoms with Crippen molar-refractivity contribution in [2.24, 2.45) is 0 Å². The van der Waals surface area contributed by atoms with Gasteiger partial charge in [-0.25, -0.2) is 4.39 Å². The Hall–Kier alpha value is -1.22. The molecule has 0 aromatic heterocycles. The van der Waals surface area contributed by atoms with Crippen LogP contribution in [0.2, 0.25) is 0 Å². The maximum atomic E-state index is 13.9. The predicted molar refractivity (Wildman–Crippen MR) is 56.7 cm³/mol. The van der Waals surface area contributed by atoms with Gasteiger partial charge in [0.1, 0.15) is 0 Å². The maximum Gasteiger partial charge on any atom is 0.162 e. The molecule has 3 heteroatoms. The second-order valence-electron chi connectivity index (χ2n) is 3.92. The van der Waals surface area contributed by atoms with Gasteiger partial charge in [0, 0.05) is 25.1 Å². The van der Waals surface area contributed by atoms with Crippen molar-refractivity contribution in [2.45, 2.75) is 19.0 Å². The van der Waals surface area contributed by atoms with Crippen LogP contribution in [0.4, 0.5) is 4.39 Å². The molecule has 0 spiro atoms. The van der Waals surface area contributed by atoms with Gasteiger partial charge in [-0.3, -0.25) is 4.79 Å². The van der Waals surface area contributed by atoms with Crippen LogP contribution in [0.1, 0.15) is 29.3 Å². The van der Waals surface area contributed by atoms with Crippen LogP contribution in [0.25, 0.3) is 0 Å². The minimum atomic E-state index is -1.23. The number of carbonyl (C=O) groups excluding carboxylic acids is 1. The molecule has 1 aliphatic heterocycles. The Labute approximate surface area is 88.5 Å². The number of rotatable bonds is 3. The Morgan fingerprint density at radius 2 is 2.00 bits per heavy atom. The zero-order valence-corrected chi connectivity index (χ0v) is 8.72. The fraction of sp³-hybridized carbons (Fsp3) is 0.417. The molecule has 0 aliphatic carbocycles. The SMILES string of the molecule is CCC(=O)c1ccc(C2(F)CNC2)cc1. The normalized spacial score (nSPS) is 18.3. The lowest BCUT2D eigenvalue weighted by molar-refractivity contribution is 0.0889. The number of carbonyl (C=O) groups is 1. The van der Waals surface area contributed by atoms with Gasteiger partial charge in [0.05, 0.1) is 0 Å². The van der Waals surface area contributed by atoms with E-state index in [4.69, 9.17) is 0 Å². The van der Waals surface area contributed by atoms with Crippen molar-refractivity contribution in [1.29, 1.82) is 0 Å². The molecular weight excluding hydrogens is 193 g/mol. The van der Waals surface area contributed by atoms with Crippen molar-refractivity contribution in [2.75, 3.05) is 13.1 Å². The Kier molecular flexibility index (Phi) is 2.57. The third kappa shape index (κ3) is 1.79. The fourth-order valence-corrected chi connectivity index (χ4v) is 1.71. The van der Waals surface area contributed by atoms with Crippen LogP contribution in [-0.2, 0) is 5.67 Å². The quantitative estimate of drug-likeness (QED) is 0.768. The van der Waals surface area contributed by atoms with Crippen molar-refractivity contribution < 1.29 is 9.18 Å². The lowest BCUT2D eigenvalue weighted by Gasteiger charge is -2.35. The van der Waals surface area contributed by atoms with E-state index in [-0.39, 0.29) is 5.78 Å². The molecule has 0 bridgehead atoms. The summed E-state index contributed by atoms with van der Waals surface area (Å²) in [4.78, 5) is 11.4. The van der Waals surface area contributed by atoms with E-state index in [1.54, 1.807) is 24.3 Å². The summed E-state index contributed by atoms with van der Waals surface area (Å²) in [6.45, 7) is 2.56. The van der Waals surface area contributed by atoms with Crippen LogP contribution in [0.5, 0.6) is 0 Å². The van der Waals surface area contributed by atoms with E-state index in [1.165, 1.54) is 0 Å². The van der Waals surface area contributed by atoms with Crippen LogP contribution in [0.15, 0.2) is 24.3 Å². The molecule has 2 nitrogen and oxygen atoms in total. The number of hydrogen-bond donors (Lipinski definition) is 1. The molecule has 0 unspecified atom stereocenters. The first-order valence-corrected chi connectivity index (χ1v) is 5.19. The average molecular weight is 207 g/mol. The molecular formula is C12H14FNO. The zero-order valence-electron chi connectivity index (χ0n) is 8.72. The highest BCUT2D eigenvalue weighted by Gasteiger charge is 2.38. The lowest BCUT2D eigenvalue weighted by atomic mass is 9.89. The first kappa shape index (κ1) is 10.3. The van der Waals surface area contributed by atoms with Gasteiger partial charge in [-0.2, -0.15) is 0 Å². The minimum Gasteiger partial charge on any atom is -0.310 e. The standard InChI is InChI=1S/C12H14FNO/c1-2-11(15)9-3-5-10(6-4-9)12(13)7-14-8-12/h3-6,14H,2,7-8H2,1H3. The van der Waals surface area contributed by atoms with E-state index in [9.17, 15) is 9.18 Å². The monoisotopic (exact) mass is 207 g/mol. The van der Waals surface area contributed by atoms with Gasteiger partial charge < -0.3 is 5.32 Å². The Morgan fingerprint density at radius 3 is 2.40 bits per heavy atom. The largest absolute Gasteiger partial charge is 0.310 e. The summed E-state index contributed by atoms with van der Waals surface area (Å²) in [5.41, 5.74) is 0.0967. The summed E-state index contributed by atoms with van der Waals surface area (Å²) < 4.78 is 13.9. The maximum absolute atomic E-state index is 13.9. The Bertz CT molecular complexity index is 368.